The summed E-state index contributed by atoms with van der Waals surface area (Å²) in [6, 6.07) is 5.06. The monoisotopic (exact) mass is 255 g/mol. The maximum atomic E-state index is 12.2. The number of hydrogen-bond donors (Lipinski definition) is 1. The Kier molecular flexibility index (Phi) is 4.33. The van der Waals surface area contributed by atoms with E-state index in [1.54, 1.807) is 6.07 Å². The van der Waals surface area contributed by atoms with E-state index in [0.717, 1.165) is 11.1 Å². The van der Waals surface area contributed by atoms with Crippen molar-refractivity contribution in [1.29, 1.82) is 0 Å². The van der Waals surface area contributed by atoms with Crippen molar-refractivity contribution in [2.75, 3.05) is 5.75 Å². The average molecular weight is 255 g/mol. The lowest BCUT2D eigenvalue weighted by Gasteiger charge is -2.16. The Balaban J connectivity index is 3.06. The summed E-state index contributed by atoms with van der Waals surface area (Å²) < 4.78 is 24.4. The maximum Gasteiger partial charge on any atom is 0.180 e. The van der Waals surface area contributed by atoms with Crippen LogP contribution in [0.4, 0.5) is 0 Å². The van der Waals surface area contributed by atoms with Crippen LogP contribution in [0.5, 0.6) is 0 Å². The molecule has 0 aliphatic carbocycles. The molecular formula is C13H21NO2S. The van der Waals surface area contributed by atoms with Crippen molar-refractivity contribution in [3.63, 3.8) is 0 Å². The molecule has 3 nitrogen and oxygen atoms in total. The van der Waals surface area contributed by atoms with Gasteiger partial charge < -0.3 is 5.73 Å². The zero-order chi connectivity index (χ0) is 13.2. The standard InChI is InChI=1S/C13H21NO2S/c1-9(2)12(14)8-17(15,16)13-6-5-10(3)7-11(13)4/h5-7,9,12H,8,14H2,1-4H3. The van der Waals surface area contributed by atoms with Crippen LogP contribution < -0.4 is 5.73 Å². The largest absolute Gasteiger partial charge is 0.327 e. The van der Waals surface area contributed by atoms with Crippen molar-refractivity contribution < 1.29 is 8.42 Å². The first-order valence-corrected chi connectivity index (χ1v) is 7.45. The van der Waals surface area contributed by atoms with Gasteiger partial charge in [-0.25, -0.2) is 8.42 Å². The Morgan fingerprint density at radius 1 is 1.24 bits per heavy atom. The third-order valence-corrected chi connectivity index (χ3v) is 4.89. The highest BCUT2D eigenvalue weighted by atomic mass is 32.2. The van der Waals surface area contributed by atoms with E-state index in [9.17, 15) is 8.42 Å². The minimum absolute atomic E-state index is 0.00850. The van der Waals surface area contributed by atoms with E-state index in [-0.39, 0.29) is 17.7 Å². The maximum absolute atomic E-state index is 12.2. The lowest BCUT2D eigenvalue weighted by molar-refractivity contribution is 0.516. The van der Waals surface area contributed by atoms with Crippen molar-refractivity contribution in [3.8, 4) is 0 Å². The van der Waals surface area contributed by atoms with E-state index in [0.29, 0.717) is 4.90 Å². The van der Waals surface area contributed by atoms with E-state index >= 15 is 0 Å². The fourth-order valence-electron chi connectivity index (χ4n) is 1.68. The van der Waals surface area contributed by atoms with Crippen molar-refractivity contribution in [2.45, 2.75) is 38.6 Å². The van der Waals surface area contributed by atoms with Gasteiger partial charge in [-0.3, -0.25) is 0 Å². The van der Waals surface area contributed by atoms with Gasteiger partial charge in [-0.05, 0) is 31.4 Å². The first kappa shape index (κ1) is 14.2. The highest BCUT2D eigenvalue weighted by Crippen LogP contribution is 2.19. The number of rotatable bonds is 4. The SMILES string of the molecule is Cc1ccc(S(=O)(=O)CC(N)C(C)C)c(C)c1. The second-order valence-corrected chi connectivity index (χ2v) is 6.96. The molecule has 4 heteroatoms. The summed E-state index contributed by atoms with van der Waals surface area (Å²) in [5, 5.41) is 0. The van der Waals surface area contributed by atoms with Gasteiger partial charge in [0.05, 0.1) is 10.6 Å². The van der Waals surface area contributed by atoms with Gasteiger partial charge >= 0.3 is 0 Å². The molecule has 2 N–H and O–H groups in total. The second kappa shape index (κ2) is 5.19. The Bertz CT molecular complexity index is 492. The van der Waals surface area contributed by atoms with E-state index < -0.39 is 9.84 Å². The predicted molar refractivity (Wildman–Crippen MR) is 70.8 cm³/mol. The molecule has 0 bridgehead atoms. The van der Waals surface area contributed by atoms with Crippen molar-refractivity contribution in [1.82, 2.24) is 0 Å². The summed E-state index contributed by atoms with van der Waals surface area (Å²) in [5.41, 5.74) is 7.70. The number of hydrogen-bond acceptors (Lipinski definition) is 3. The molecule has 0 aromatic heterocycles. The summed E-state index contributed by atoms with van der Waals surface area (Å²) in [4.78, 5) is 0.402. The minimum atomic E-state index is -3.28. The first-order chi connectivity index (χ1) is 7.74. The highest BCUT2D eigenvalue weighted by molar-refractivity contribution is 7.91. The van der Waals surface area contributed by atoms with E-state index in [1.165, 1.54) is 0 Å². The fraction of sp³-hybridized carbons (Fsp3) is 0.538. The van der Waals surface area contributed by atoms with Crippen molar-refractivity contribution in [2.24, 2.45) is 11.7 Å². The van der Waals surface area contributed by atoms with E-state index in [1.807, 2.05) is 39.8 Å². The number of sulfone groups is 1. The summed E-state index contributed by atoms with van der Waals surface area (Å²) in [5.74, 6) is 0.171. The number of benzene rings is 1. The zero-order valence-electron chi connectivity index (χ0n) is 10.9. The molecule has 0 aliphatic rings. The van der Waals surface area contributed by atoms with Crippen LogP contribution in [-0.4, -0.2) is 20.2 Å². The fourth-order valence-corrected chi connectivity index (χ4v) is 3.58. The molecule has 1 atom stereocenters. The molecule has 0 saturated carbocycles. The highest BCUT2D eigenvalue weighted by Gasteiger charge is 2.22. The molecule has 96 valence electrons. The van der Waals surface area contributed by atoms with Gasteiger partial charge in [0.25, 0.3) is 0 Å². The average Bonchev–Trinajstić information content (AvgIpc) is 2.15. The first-order valence-electron chi connectivity index (χ1n) is 5.79. The molecule has 1 unspecified atom stereocenters. The van der Waals surface area contributed by atoms with Crippen molar-refractivity contribution >= 4 is 9.84 Å². The normalized spacial score (nSPS) is 14.0. The Morgan fingerprint density at radius 3 is 2.29 bits per heavy atom. The topological polar surface area (TPSA) is 60.2 Å². The van der Waals surface area contributed by atoms with Gasteiger partial charge in [0.2, 0.25) is 0 Å². The van der Waals surface area contributed by atoms with Crippen LogP contribution in [0, 0.1) is 19.8 Å². The second-order valence-electron chi connectivity index (χ2n) is 4.96. The molecule has 0 fully saturated rings. The van der Waals surface area contributed by atoms with Gasteiger partial charge in [-0.15, -0.1) is 0 Å². The zero-order valence-corrected chi connectivity index (χ0v) is 11.7. The van der Waals surface area contributed by atoms with Crippen LogP contribution in [0.3, 0.4) is 0 Å². The quantitative estimate of drug-likeness (QED) is 0.896. The molecule has 1 rings (SSSR count). The number of nitrogens with two attached hydrogens (primary N) is 1. The molecule has 0 amide bonds. The molecule has 1 aromatic rings. The molecular weight excluding hydrogens is 234 g/mol. The molecule has 0 heterocycles. The van der Waals surface area contributed by atoms with Gasteiger partial charge in [0.1, 0.15) is 0 Å². The lowest BCUT2D eigenvalue weighted by Crippen LogP contribution is -2.34. The molecule has 0 aliphatic heterocycles. The van der Waals surface area contributed by atoms with Crippen LogP contribution in [0.2, 0.25) is 0 Å². The van der Waals surface area contributed by atoms with Gasteiger partial charge in [0, 0.05) is 6.04 Å². The lowest BCUT2D eigenvalue weighted by atomic mass is 10.1. The molecule has 0 saturated heterocycles. The summed E-state index contributed by atoms with van der Waals surface area (Å²) in [7, 11) is -3.28. The summed E-state index contributed by atoms with van der Waals surface area (Å²) >= 11 is 0. The third-order valence-electron chi connectivity index (χ3n) is 2.93. The third kappa shape index (κ3) is 3.54. The van der Waals surface area contributed by atoms with Crippen LogP contribution >= 0.6 is 0 Å². The van der Waals surface area contributed by atoms with E-state index in [2.05, 4.69) is 0 Å². The van der Waals surface area contributed by atoms with Crippen LogP contribution in [0.15, 0.2) is 23.1 Å². The van der Waals surface area contributed by atoms with Crippen LogP contribution in [0.25, 0.3) is 0 Å². The predicted octanol–water partition coefficient (Wildman–Crippen LogP) is 2.06. The molecule has 0 radical (unpaired) electrons. The van der Waals surface area contributed by atoms with Crippen LogP contribution in [-0.2, 0) is 9.84 Å². The van der Waals surface area contributed by atoms with E-state index in [4.69, 9.17) is 5.73 Å². The summed E-state index contributed by atoms with van der Waals surface area (Å²) in [6.07, 6.45) is 0. The van der Waals surface area contributed by atoms with Gasteiger partial charge in [-0.2, -0.15) is 0 Å². The molecule has 0 spiro atoms. The van der Waals surface area contributed by atoms with Crippen LogP contribution in [0.1, 0.15) is 25.0 Å². The molecule has 1 aromatic carbocycles. The number of aryl methyl sites for hydroxylation is 2. The molecule has 17 heavy (non-hydrogen) atoms. The minimum Gasteiger partial charge on any atom is -0.327 e. The Hall–Kier alpha value is -0.870. The Morgan fingerprint density at radius 2 is 1.82 bits per heavy atom. The Labute approximate surface area is 104 Å². The van der Waals surface area contributed by atoms with Crippen molar-refractivity contribution in [3.05, 3.63) is 29.3 Å². The van der Waals surface area contributed by atoms with Gasteiger partial charge in [0.15, 0.2) is 9.84 Å². The van der Waals surface area contributed by atoms with Gasteiger partial charge in [-0.1, -0.05) is 31.5 Å². The smallest absolute Gasteiger partial charge is 0.180 e. The summed E-state index contributed by atoms with van der Waals surface area (Å²) in [6.45, 7) is 7.63.